The molecule has 0 saturated carbocycles. The van der Waals surface area contributed by atoms with Crippen LogP contribution in [-0.4, -0.2) is 24.9 Å². The van der Waals surface area contributed by atoms with Gasteiger partial charge in [0.05, 0.1) is 10.7 Å². The average Bonchev–Trinajstić information content (AvgIpc) is 3.13. The normalized spacial score (nSPS) is 20.7. The van der Waals surface area contributed by atoms with Gasteiger partial charge in [0.1, 0.15) is 0 Å². The first-order chi connectivity index (χ1) is 10.3. The molecule has 1 unspecified atom stereocenters. The molecule has 5 heteroatoms. The smallest absolute Gasteiger partial charge is 0.231 e. The number of aromatic nitrogens is 1. The number of nitrogens with zero attached hydrogens (tertiary/aromatic N) is 1. The molecule has 2 aromatic rings. The molecule has 0 radical (unpaired) electrons. The Morgan fingerprint density at radius 3 is 3.05 bits per heavy atom. The fourth-order valence-electron chi connectivity index (χ4n) is 2.97. The largest absolute Gasteiger partial charge is 0.454 e. The van der Waals surface area contributed by atoms with Crippen molar-refractivity contribution in [2.45, 2.75) is 25.7 Å². The van der Waals surface area contributed by atoms with Crippen molar-refractivity contribution < 1.29 is 9.47 Å². The van der Waals surface area contributed by atoms with Gasteiger partial charge in [-0.1, -0.05) is 0 Å². The third-order valence-electron chi connectivity index (χ3n) is 4.11. The number of ether oxygens (including phenoxy) is 2. The molecule has 1 fully saturated rings. The van der Waals surface area contributed by atoms with Gasteiger partial charge in [-0.05, 0) is 44.5 Å². The minimum absolute atomic E-state index is 0.313. The molecule has 1 aromatic heterocycles. The number of rotatable bonds is 2. The lowest BCUT2D eigenvalue weighted by molar-refractivity contribution is 0.174. The maximum absolute atomic E-state index is 5.47. The first kappa shape index (κ1) is 13.1. The number of hydrogen-bond acceptors (Lipinski definition) is 5. The summed E-state index contributed by atoms with van der Waals surface area (Å²) in [7, 11) is 0. The Morgan fingerprint density at radius 1 is 1.29 bits per heavy atom. The number of nitrogens with one attached hydrogen (secondary N) is 1. The van der Waals surface area contributed by atoms with Crippen LogP contribution in [0.5, 0.6) is 11.5 Å². The van der Waals surface area contributed by atoms with Crippen LogP contribution in [0.25, 0.3) is 11.3 Å². The summed E-state index contributed by atoms with van der Waals surface area (Å²) < 4.78 is 10.8. The van der Waals surface area contributed by atoms with Crippen LogP contribution in [-0.2, 0) is 0 Å². The maximum Gasteiger partial charge on any atom is 0.231 e. The van der Waals surface area contributed by atoms with Crippen molar-refractivity contribution in [2.75, 3.05) is 19.9 Å². The van der Waals surface area contributed by atoms with E-state index in [9.17, 15) is 0 Å². The molecule has 0 spiro atoms. The Balaban J connectivity index is 1.67. The van der Waals surface area contributed by atoms with E-state index in [1.54, 1.807) is 0 Å². The van der Waals surface area contributed by atoms with Crippen LogP contribution >= 0.6 is 11.3 Å². The second-order valence-corrected chi connectivity index (χ2v) is 6.80. The average molecular weight is 302 g/mol. The van der Waals surface area contributed by atoms with E-state index >= 15 is 0 Å². The van der Waals surface area contributed by atoms with Gasteiger partial charge in [0.25, 0.3) is 0 Å². The molecule has 0 amide bonds. The lowest BCUT2D eigenvalue weighted by atomic mass is 10.0. The number of fused-ring (bicyclic) bond motifs is 1. The van der Waals surface area contributed by atoms with Gasteiger partial charge in [0.2, 0.25) is 6.79 Å². The second kappa shape index (κ2) is 5.31. The van der Waals surface area contributed by atoms with Crippen LogP contribution < -0.4 is 14.8 Å². The molecule has 4 rings (SSSR count). The molecular formula is C16H18N2O2S. The molecule has 1 aromatic carbocycles. The van der Waals surface area contributed by atoms with E-state index in [2.05, 4.69) is 18.3 Å². The maximum atomic E-state index is 5.47. The fourth-order valence-corrected chi connectivity index (χ4v) is 4.04. The van der Waals surface area contributed by atoms with E-state index < -0.39 is 0 Å². The standard InChI is InChI=1S/C16H18N2O2S/c1-10-15(11-4-5-13-14(7-11)20-9-19-13)18-16(21-10)12-3-2-6-17-8-12/h4-5,7,12,17H,2-3,6,8-9H2,1H3. The van der Waals surface area contributed by atoms with Crippen LogP contribution in [0.15, 0.2) is 18.2 Å². The van der Waals surface area contributed by atoms with E-state index in [1.165, 1.54) is 22.7 Å². The van der Waals surface area contributed by atoms with Gasteiger partial charge in [-0.25, -0.2) is 4.98 Å². The van der Waals surface area contributed by atoms with Crippen molar-refractivity contribution in [2.24, 2.45) is 0 Å². The molecule has 1 saturated heterocycles. The summed E-state index contributed by atoms with van der Waals surface area (Å²) >= 11 is 1.83. The Labute approximate surface area is 128 Å². The molecule has 0 bridgehead atoms. The van der Waals surface area contributed by atoms with E-state index in [1.807, 2.05) is 23.5 Å². The lowest BCUT2D eigenvalue weighted by Crippen LogP contribution is -2.28. The molecule has 21 heavy (non-hydrogen) atoms. The summed E-state index contributed by atoms with van der Waals surface area (Å²) in [5, 5.41) is 4.72. The SMILES string of the molecule is Cc1sc(C2CCCNC2)nc1-c1ccc2c(c1)OCO2. The van der Waals surface area contributed by atoms with Crippen molar-refractivity contribution >= 4 is 11.3 Å². The highest BCUT2D eigenvalue weighted by molar-refractivity contribution is 7.12. The van der Waals surface area contributed by atoms with Crippen LogP contribution in [0.4, 0.5) is 0 Å². The van der Waals surface area contributed by atoms with E-state index in [0.717, 1.165) is 35.8 Å². The summed E-state index contributed by atoms with van der Waals surface area (Å²) in [5.74, 6) is 2.20. The van der Waals surface area contributed by atoms with Gasteiger partial charge in [-0.3, -0.25) is 0 Å². The molecule has 2 aliphatic rings. The zero-order chi connectivity index (χ0) is 14.2. The second-order valence-electron chi connectivity index (χ2n) is 5.57. The molecule has 4 nitrogen and oxygen atoms in total. The summed E-state index contributed by atoms with van der Waals surface area (Å²) in [6, 6.07) is 6.07. The van der Waals surface area contributed by atoms with Crippen molar-refractivity contribution in [1.82, 2.24) is 10.3 Å². The first-order valence-electron chi connectivity index (χ1n) is 7.39. The monoisotopic (exact) mass is 302 g/mol. The Hall–Kier alpha value is -1.59. The molecule has 1 N–H and O–H groups in total. The van der Waals surface area contributed by atoms with Crippen LogP contribution in [0.1, 0.15) is 28.6 Å². The summed E-state index contributed by atoms with van der Waals surface area (Å²) in [6.07, 6.45) is 2.48. The van der Waals surface area contributed by atoms with Crippen molar-refractivity contribution in [3.8, 4) is 22.8 Å². The van der Waals surface area contributed by atoms with Crippen LogP contribution in [0.3, 0.4) is 0 Å². The van der Waals surface area contributed by atoms with Gasteiger partial charge in [-0.15, -0.1) is 11.3 Å². The molecule has 2 aliphatic heterocycles. The molecule has 3 heterocycles. The van der Waals surface area contributed by atoms with Crippen LogP contribution in [0, 0.1) is 6.92 Å². The minimum Gasteiger partial charge on any atom is -0.454 e. The Bertz CT molecular complexity index is 662. The van der Waals surface area contributed by atoms with Crippen molar-refractivity contribution in [3.05, 3.63) is 28.1 Å². The summed E-state index contributed by atoms with van der Waals surface area (Å²) in [5.41, 5.74) is 2.20. The highest BCUT2D eigenvalue weighted by Crippen LogP contribution is 2.39. The molecule has 110 valence electrons. The highest BCUT2D eigenvalue weighted by atomic mass is 32.1. The van der Waals surface area contributed by atoms with Crippen LogP contribution in [0.2, 0.25) is 0 Å². The van der Waals surface area contributed by atoms with Gasteiger partial charge in [-0.2, -0.15) is 0 Å². The Kier molecular flexibility index (Phi) is 3.31. The predicted molar refractivity (Wildman–Crippen MR) is 83.3 cm³/mol. The Morgan fingerprint density at radius 2 is 2.19 bits per heavy atom. The highest BCUT2D eigenvalue weighted by Gasteiger charge is 2.21. The minimum atomic E-state index is 0.313. The fraction of sp³-hybridized carbons (Fsp3) is 0.438. The van der Waals surface area contributed by atoms with Crippen molar-refractivity contribution in [3.63, 3.8) is 0 Å². The topological polar surface area (TPSA) is 43.4 Å². The van der Waals surface area contributed by atoms with Gasteiger partial charge in [0, 0.05) is 22.9 Å². The number of hydrogen-bond donors (Lipinski definition) is 1. The first-order valence-corrected chi connectivity index (χ1v) is 8.21. The van der Waals surface area contributed by atoms with Gasteiger partial charge >= 0.3 is 0 Å². The summed E-state index contributed by atoms with van der Waals surface area (Å²) in [6.45, 7) is 4.65. The van der Waals surface area contributed by atoms with Gasteiger partial charge in [0.15, 0.2) is 11.5 Å². The van der Waals surface area contributed by atoms with Crippen molar-refractivity contribution in [1.29, 1.82) is 0 Å². The number of piperidine rings is 1. The number of aryl methyl sites for hydroxylation is 1. The zero-order valence-electron chi connectivity index (χ0n) is 12.0. The zero-order valence-corrected chi connectivity index (χ0v) is 12.8. The summed E-state index contributed by atoms with van der Waals surface area (Å²) in [4.78, 5) is 6.18. The lowest BCUT2D eigenvalue weighted by Gasteiger charge is -2.20. The molecular weight excluding hydrogens is 284 g/mol. The van der Waals surface area contributed by atoms with E-state index in [4.69, 9.17) is 14.5 Å². The number of benzene rings is 1. The van der Waals surface area contributed by atoms with Gasteiger partial charge < -0.3 is 14.8 Å². The van der Waals surface area contributed by atoms with E-state index in [-0.39, 0.29) is 0 Å². The predicted octanol–water partition coefficient (Wildman–Crippen LogP) is 3.31. The quantitative estimate of drug-likeness (QED) is 0.924. The molecule has 0 aliphatic carbocycles. The molecule has 1 atom stereocenters. The third-order valence-corrected chi connectivity index (χ3v) is 5.24. The third kappa shape index (κ3) is 2.40. The number of thiazole rings is 1. The van der Waals surface area contributed by atoms with E-state index in [0.29, 0.717) is 12.7 Å².